The van der Waals surface area contributed by atoms with Gasteiger partial charge in [-0.2, -0.15) is 4.98 Å². The fourth-order valence-corrected chi connectivity index (χ4v) is 4.37. The fourth-order valence-electron chi connectivity index (χ4n) is 4.37. The van der Waals surface area contributed by atoms with Crippen LogP contribution in [-0.4, -0.2) is 51.0 Å². The van der Waals surface area contributed by atoms with Gasteiger partial charge >= 0.3 is 0 Å². The van der Waals surface area contributed by atoms with Crippen LogP contribution in [0, 0.1) is 0 Å². The molecule has 0 saturated heterocycles. The minimum absolute atomic E-state index is 0.0209. The van der Waals surface area contributed by atoms with Crippen molar-refractivity contribution in [3.05, 3.63) is 84.0 Å². The van der Waals surface area contributed by atoms with Crippen molar-refractivity contribution in [1.82, 2.24) is 19.9 Å². The molecule has 0 bridgehead atoms. The van der Waals surface area contributed by atoms with Gasteiger partial charge in [-0.3, -0.25) is 4.79 Å². The van der Waals surface area contributed by atoms with Crippen LogP contribution < -0.4 is 10.2 Å². The minimum Gasteiger partial charge on any atom is -0.444 e. The van der Waals surface area contributed by atoms with Gasteiger partial charge in [0.2, 0.25) is 11.9 Å². The van der Waals surface area contributed by atoms with E-state index in [4.69, 9.17) is 14.4 Å². The topological polar surface area (TPSA) is 108 Å². The lowest BCUT2D eigenvalue weighted by molar-refractivity contribution is -0.129. The lowest BCUT2D eigenvalue weighted by Gasteiger charge is -2.32. The number of benzene rings is 2. The van der Waals surface area contributed by atoms with Crippen LogP contribution in [0.2, 0.25) is 0 Å². The molecule has 2 aromatic heterocycles. The summed E-state index contributed by atoms with van der Waals surface area (Å²) in [5.74, 6) is 1.88. The highest BCUT2D eigenvalue weighted by atomic mass is 16.3. The Hall–Kier alpha value is -4.24. The molecule has 0 radical (unpaired) electrons. The second kappa shape index (κ2) is 10.2. The molecule has 0 fully saturated rings. The summed E-state index contributed by atoms with van der Waals surface area (Å²) in [7, 11) is 1.90. The van der Waals surface area contributed by atoms with Crippen molar-refractivity contribution in [3.8, 4) is 11.3 Å². The zero-order valence-electron chi connectivity index (χ0n) is 20.3. The van der Waals surface area contributed by atoms with Gasteiger partial charge < -0.3 is 24.6 Å². The third-order valence-electron chi connectivity index (χ3n) is 6.33. The first-order chi connectivity index (χ1) is 17.5. The molecule has 5 rings (SSSR count). The van der Waals surface area contributed by atoms with Gasteiger partial charge in [0.05, 0.1) is 24.5 Å². The molecule has 1 aliphatic heterocycles. The molecule has 3 heterocycles. The Balaban J connectivity index is 1.43. The van der Waals surface area contributed by atoms with Crippen molar-refractivity contribution in [2.75, 3.05) is 30.4 Å². The number of nitrogens with zero attached hydrogens (tertiary/aromatic N) is 5. The second-order valence-corrected chi connectivity index (χ2v) is 8.86. The fraction of sp³-hybridized carbons (Fsp3) is 0.259. The monoisotopic (exact) mass is 484 g/mol. The molecule has 2 aromatic carbocycles. The number of aliphatic hydroxyl groups is 1. The molecule has 36 heavy (non-hydrogen) atoms. The van der Waals surface area contributed by atoms with Crippen LogP contribution in [0.5, 0.6) is 0 Å². The van der Waals surface area contributed by atoms with E-state index in [-0.39, 0.29) is 5.91 Å². The van der Waals surface area contributed by atoms with E-state index in [0.29, 0.717) is 43.6 Å². The molecule has 0 spiro atoms. The van der Waals surface area contributed by atoms with Crippen molar-refractivity contribution >= 4 is 23.4 Å². The molecule has 1 atom stereocenters. The summed E-state index contributed by atoms with van der Waals surface area (Å²) in [4.78, 5) is 29.4. The Morgan fingerprint density at radius 1 is 1.17 bits per heavy atom. The van der Waals surface area contributed by atoms with E-state index < -0.39 is 6.10 Å². The third kappa shape index (κ3) is 5.06. The maximum atomic E-state index is 12.1. The average Bonchev–Trinajstić information content (AvgIpc) is 3.44. The van der Waals surface area contributed by atoms with Crippen LogP contribution in [0.1, 0.15) is 29.8 Å². The lowest BCUT2D eigenvalue weighted by Crippen LogP contribution is -2.37. The van der Waals surface area contributed by atoms with Gasteiger partial charge in [0.1, 0.15) is 5.82 Å². The number of amides is 1. The van der Waals surface area contributed by atoms with Gasteiger partial charge in [0.25, 0.3) is 0 Å². The summed E-state index contributed by atoms with van der Waals surface area (Å²) in [6.07, 6.45) is 3.03. The van der Waals surface area contributed by atoms with Crippen molar-refractivity contribution < 1.29 is 14.3 Å². The minimum atomic E-state index is -0.686. The molecule has 1 aliphatic rings. The van der Waals surface area contributed by atoms with Crippen molar-refractivity contribution in [3.63, 3.8) is 0 Å². The van der Waals surface area contributed by atoms with Gasteiger partial charge in [-0.15, -0.1) is 0 Å². The standard InChI is InChI=1S/C27H28N6O3/c1-18(34)33-13-12-23-22(15-33)26(32(2)16-24(35)19-6-4-3-5-7-19)31-27(30-23)29-21-10-8-20(9-11-21)25-14-28-17-36-25/h3-11,14,17,24,35H,12-13,15-16H2,1-2H3,(H,29,30,31). The Labute approximate surface area is 209 Å². The van der Waals surface area contributed by atoms with Gasteiger partial charge in [0.15, 0.2) is 12.2 Å². The molecule has 9 heteroatoms. The summed E-state index contributed by atoms with van der Waals surface area (Å²) in [6, 6.07) is 17.3. The lowest BCUT2D eigenvalue weighted by atomic mass is 10.0. The van der Waals surface area contributed by atoms with Crippen molar-refractivity contribution in [1.29, 1.82) is 0 Å². The molecule has 1 unspecified atom stereocenters. The Bertz CT molecular complexity index is 1330. The molecule has 9 nitrogen and oxygen atoms in total. The van der Waals surface area contributed by atoms with Gasteiger partial charge in [0, 0.05) is 50.3 Å². The maximum Gasteiger partial charge on any atom is 0.229 e. The van der Waals surface area contributed by atoms with Crippen molar-refractivity contribution in [2.45, 2.75) is 26.0 Å². The van der Waals surface area contributed by atoms with Crippen LogP contribution >= 0.6 is 0 Å². The van der Waals surface area contributed by atoms with Crippen LogP contribution in [0.15, 0.2) is 71.6 Å². The molecule has 4 aromatic rings. The van der Waals surface area contributed by atoms with E-state index in [0.717, 1.165) is 28.1 Å². The molecule has 184 valence electrons. The first-order valence-electron chi connectivity index (χ1n) is 11.8. The number of carbonyl (C=O) groups excluding carboxylic acids is 1. The summed E-state index contributed by atoms with van der Waals surface area (Å²) in [5, 5.41) is 14.1. The molecular formula is C27H28N6O3. The number of hydrogen-bond donors (Lipinski definition) is 2. The van der Waals surface area contributed by atoms with Gasteiger partial charge in [-0.25, -0.2) is 9.97 Å². The zero-order valence-corrected chi connectivity index (χ0v) is 20.3. The summed E-state index contributed by atoms with van der Waals surface area (Å²) >= 11 is 0. The number of rotatable bonds is 7. The predicted molar refractivity (Wildman–Crippen MR) is 137 cm³/mol. The van der Waals surface area contributed by atoms with Crippen molar-refractivity contribution in [2.24, 2.45) is 0 Å². The second-order valence-electron chi connectivity index (χ2n) is 8.86. The van der Waals surface area contributed by atoms with E-state index in [2.05, 4.69) is 10.3 Å². The number of fused-ring (bicyclic) bond motifs is 1. The van der Waals surface area contributed by atoms with Gasteiger partial charge in [-0.1, -0.05) is 30.3 Å². The largest absolute Gasteiger partial charge is 0.444 e. The number of aliphatic hydroxyl groups excluding tert-OH is 1. The summed E-state index contributed by atoms with van der Waals surface area (Å²) < 4.78 is 5.36. The molecule has 0 saturated carbocycles. The molecule has 2 N–H and O–H groups in total. The zero-order chi connectivity index (χ0) is 25.1. The van der Waals surface area contributed by atoms with Crippen LogP contribution in [-0.2, 0) is 17.8 Å². The number of nitrogens with one attached hydrogen (secondary N) is 1. The number of anilines is 3. The summed E-state index contributed by atoms with van der Waals surface area (Å²) in [5.41, 5.74) is 4.40. The first-order valence-corrected chi connectivity index (χ1v) is 11.8. The highest BCUT2D eigenvalue weighted by Gasteiger charge is 2.26. The Morgan fingerprint density at radius 3 is 2.64 bits per heavy atom. The predicted octanol–water partition coefficient (Wildman–Crippen LogP) is 3.95. The van der Waals surface area contributed by atoms with Crippen LogP contribution in [0.25, 0.3) is 11.3 Å². The average molecular weight is 485 g/mol. The molecule has 0 aliphatic carbocycles. The normalized spacial score (nSPS) is 13.7. The van der Waals surface area contributed by atoms with Gasteiger partial charge in [-0.05, 0) is 29.8 Å². The van der Waals surface area contributed by atoms with E-state index in [1.807, 2.05) is 66.5 Å². The highest BCUT2D eigenvalue weighted by molar-refractivity contribution is 5.74. The van der Waals surface area contributed by atoms with Crippen LogP contribution in [0.3, 0.4) is 0 Å². The number of likely N-dealkylation sites (N-methyl/N-ethyl adjacent to an activating group) is 1. The first kappa shape index (κ1) is 23.5. The van der Waals surface area contributed by atoms with Crippen LogP contribution in [0.4, 0.5) is 17.5 Å². The smallest absolute Gasteiger partial charge is 0.229 e. The van der Waals surface area contributed by atoms with E-state index in [1.165, 1.54) is 6.39 Å². The number of carbonyl (C=O) groups is 1. The number of oxazole rings is 1. The van der Waals surface area contributed by atoms with E-state index >= 15 is 0 Å². The Morgan fingerprint density at radius 2 is 1.94 bits per heavy atom. The number of hydrogen-bond acceptors (Lipinski definition) is 8. The van der Waals surface area contributed by atoms with E-state index in [1.54, 1.807) is 18.0 Å². The third-order valence-corrected chi connectivity index (χ3v) is 6.33. The molecule has 1 amide bonds. The quantitative estimate of drug-likeness (QED) is 0.406. The molecular weight excluding hydrogens is 456 g/mol. The Kier molecular flexibility index (Phi) is 6.64. The maximum absolute atomic E-state index is 12.1. The summed E-state index contributed by atoms with van der Waals surface area (Å²) in [6.45, 7) is 2.98. The SMILES string of the molecule is CC(=O)N1CCc2nc(Nc3ccc(-c4cnco4)cc3)nc(N(C)CC(O)c3ccccc3)c2C1. The highest BCUT2D eigenvalue weighted by Crippen LogP contribution is 2.30. The van der Waals surface area contributed by atoms with E-state index in [9.17, 15) is 9.90 Å². The number of aromatic nitrogens is 3.